The smallest absolute Gasteiger partial charge is 0.0450 e. The lowest BCUT2D eigenvalue weighted by atomic mass is 10.1. The van der Waals surface area contributed by atoms with Crippen molar-refractivity contribution in [2.45, 2.75) is 47.2 Å². The van der Waals surface area contributed by atoms with Crippen molar-refractivity contribution in [1.82, 2.24) is 10.3 Å². The summed E-state index contributed by atoms with van der Waals surface area (Å²) in [5.41, 5.74) is 3.58. The second-order valence-electron chi connectivity index (χ2n) is 6.01. The zero-order valence-electron chi connectivity index (χ0n) is 13.6. The van der Waals surface area contributed by atoms with E-state index in [0.29, 0.717) is 12.0 Å². The molecule has 1 N–H and O–H groups in total. The highest BCUT2D eigenvalue weighted by atomic mass is 15.2. The molecule has 1 aromatic rings. The molecule has 0 aliphatic rings. The molecule has 0 unspecified atom stereocenters. The van der Waals surface area contributed by atoms with Gasteiger partial charge in [-0.1, -0.05) is 19.9 Å². The number of pyridine rings is 1. The predicted octanol–water partition coefficient (Wildman–Crippen LogP) is 3.54. The summed E-state index contributed by atoms with van der Waals surface area (Å²) in [5.74, 6) is 0.659. The van der Waals surface area contributed by atoms with Gasteiger partial charge in [0.25, 0.3) is 0 Å². The first-order valence-electron chi connectivity index (χ1n) is 7.49. The lowest BCUT2D eigenvalue weighted by molar-refractivity contribution is 0.551. The van der Waals surface area contributed by atoms with Gasteiger partial charge in [-0.15, -0.1) is 6.58 Å². The molecule has 0 bridgehead atoms. The summed E-state index contributed by atoms with van der Waals surface area (Å²) in [6.45, 7) is 17.5. The van der Waals surface area contributed by atoms with Gasteiger partial charge >= 0.3 is 0 Å². The standard InChI is InChI=1S/C17H29N3/c1-7-8-20(14(4)5)17-9-15(6)19-12-16(17)11-18-10-13(2)3/h7,9,12-14,18H,1,8,10-11H2,2-6H3. The van der Waals surface area contributed by atoms with Crippen LogP contribution in [0.4, 0.5) is 5.69 Å². The van der Waals surface area contributed by atoms with Crippen molar-refractivity contribution >= 4 is 5.69 Å². The molecule has 20 heavy (non-hydrogen) atoms. The van der Waals surface area contributed by atoms with Crippen molar-refractivity contribution in [2.24, 2.45) is 5.92 Å². The van der Waals surface area contributed by atoms with Crippen molar-refractivity contribution in [1.29, 1.82) is 0 Å². The Kier molecular flexibility index (Phi) is 6.73. The maximum absolute atomic E-state index is 4.45. The summed E-state index contributed by atoms with van der Waals surface area (Å²) in [7, 11) is 0. The predicted molar refractivity (Wildman–Crippen MR) is 88.2 cm³/mol. The number of nitrogens with zero attached hydrogens (tertiary/aromatic N) is 2. The molecular formula is C17H29N3. The molecule has 0 saturated heterocycles. The van der Waals surface area contributed by atoms with E-state index < -0.39 is 0 Å². The molecule has 1 rings (SSSR count). The minimum absolute atomic E-state index is 0.443. The van der Waals surface area contributed by atoms with Crippen LogP contribution in [0.5, 0.6) is 0 Å². The number of nitrogens with one attached hydrogen (secondary N) is 1. The van der Waals surface area contributed by atoms with Crippen LogP contribution in [0, 0.1) is 12.8 Å². The topological polar surface area (TPSA) is 28.2 Å². The van der Waals surface area contributed by atoms with Crippen LogP contribution in [0.1, 0.15) is 39.0 Å². The van der Waals surface area contributed by atoms with E-state index in [1.54, 1.807) is 0 Å². The van der Waals surface area contributed by atoms with E-state index in [0.717, 1.165) is 25.3 Å². The Morgan fingerprint density at radius 2 is 2.05 bits per heavy atom. The van der Waals surface area contributed by atoms with E-state index in [2.05, 4.69) is 55.5 Å². The molecule has 0 aromatic carbocycles. The number of hydrogen-bond donors (Lipinski definition) is 1. The van der Waals surface area contributed by atoms with Gasteiger partial charge in [0.05, 0.1) is 0 Å². The molecule has 0 aliphatic carbocycles. The molecule has 0 fully saturated rings. The molecule has 3 nitrogen and oxygen atoms in total. The fourth-order valence-electron chi connectivity index (χ4n) is 2.20. The Morgan fingerprint density at radius 1 is 1.35 bits per heavy atom. The summed E-state index contributed by atoms with van der Waals surface area (Å²) in [6, 6.07) is 2.62. The van der Waals surface area contributed by atoms with Crippen molar-refractivity contribution in [3.8, 4) is 0 Å². The van der Waals surface area contributed by atoms with E-state index in [4.69, 9.17) is 0 Å². The Morgan fingerprint density at radius 3 is 2.60 bits per heavy atom. The Balaban J connectivity index is 2.96. The fourth-order valence-corrected chi connectivity index (χ4v) is 2.20. The number of rotatable bonds is 8. The van der Waals surface area contributed by atoms with Crippen molar-refractivity contribution in [3.05, 3.63) is 36.2 Å². The molecule has 1 aromatic heterocycles. The van der Waals surface area contributed by atoms with E-state index in [1.807, 2.05) is 19.2 Å². The van der Waals surface area contributed by atoms with Crippen molar-refractivity contribution < 1.29 is 0 Å². The minimum atomic E-state index is 0.443. The monoisotopic (exact) mass is 275 g/mol. The van der Waals surface area contributed by atoms with E-state index in [9.17, 15) is 0 Å². The highest BCUT2D eigenvalue weighted by molar-refractivity contribution is 5.54. The second-order valence-corrected chi connectivity index (χ2v) is 6.01. The maximum Gasteiger partial charge on any atom is 0.0450 e. The number of hydrogen-bond acceptors (Lipinski definition) is 3. The molecule has 0 aliphatic heterocycles. The first-order chi connectivity index (χ1) is 9.45. The highest BCUT2D eigenvalue weighted by Gasteiger charge is 2.14. The van der Waals surface area contributed by atoms with Crippen LogP contribution >= 0.6 is 0 Å². The quantitative estimate of drug-likeness (QED) is 0.736. The summed E-state index contributed by atoms with van der Waals surface area (Å²) >= 11 is 0. The molecule has 0 radical (unpaired) electrons. The van der Waals surface area contributed by atoms with E-state index in [-0.39, 0.29) is 0 Å². The van der Waals surface area contributed by atoms with Crippen LogP contribution < -0.4 is 10.2 Å². The Hall–Kier alpha value is -1.35. The van der Waals surface area contributed by atoms with Gasteiger partial charge in [-0.25, -0.2) is 0 Å². The Labute approximate surface area is 124 Å². The first kappa shape index (κ1) is 16.7. The van der Waals surface area contributed by atoms with Crippen LogP contribution in [0.3, 0.4) is 0 Å². The van der Waals surface area contributed by atoms with Gasteiger partial charge in [0, 0.05) is 42.3 Å². The summed E-state index contributed by atoms with van der Waals surface area (Å²) in [6.07, 6.45) is 3.96. The van der Waals surface area contributed by atoms with Crippen LogP contribution in [0.15, 0.2) is 24.9 Å². The average Bonchev–Trinajstić information content (AvgIpc) is 2.37. The normalized spacial score (nSPS) is 11.2. The van der Waals surface area contributed by atoms with Gasteiger partial charge in [0.15, 0.2) is 0 Å². The Bertz CT molecular complexity index is 424. The van der Waals surface area contributed by atoms with Crippen molar-refractivity contribution in [2.75, 3.05) is 18.0 Å². The van der Waals surface area contributed by atoms with Crippen LogP contribution in [-0.2, 0) is 6.54 Å². The summed E-state index contributed by atoms with van der Waals surface area (Å²) < 4.78 is 0. The summed E-state index contributed by atoms with van der Waals surface area (Å²) in [5, 5.41) is 3.50. The van der Waals surface area contributed by atoms with Crippen LogP contribution in [0.25, 0.3) is 0 Å². The molecule has 112 valence electrons. The van der Waals surface area contributed by atoms with Crippen LogP contribution in [0.2, 0.25) is 0 Å². The molecule has 0 amide bonds. The van der Waals surface area contributed by atoms with E-state index in [1.165, 1.54) is 11.3 Å². The van der Waals surface area contributed by atoms with Gasteiger partial charge in [0.1, 0.15) is 0 Å². The molecular weight excluding hydrogens is 246 g/mol. The van der Waals surface area contributed by atoms with Crippen molar-refractivity contribution in [3.63, 3.8) is 0 Å². The zero-order chi connectivity index (χ0) is 15.1. The maximum atomic E-state index is 4.45. The first-order valence-corrected chi connectivity index (χ1v) is 7.49. The lowest BCUT2D eigenvalue weighted by Crippen LogP contribution is -2.32. The van der Waals surface area contributed by atoms with Gasteiger partial charge in [-0.2, -0.15) is 0 Å². The third-order valence-electron chi connectivity index (χ3n) is 3.23. The largest absolute Gasteiger partial charge is 0.365 e. The van der Waals surface area contributed by atoms with Gasteiger partial charge in [-0.3, -0.25) is 4.98 Å². The number of anilines is 1. The third-order valence-corrected chi connectivity index (χ3v) is 3.23. The lowest BCUT2D eigenvalue weighted by Gasteiger charge is -2.30. The van der Waals surface area contributed by atoms with Gasteiger partial charge < -0.3 is 10.2 Å². The third kappa shape index (κ3) is 4.97. The van der Waals surface area contributed by atoms with Gasteiger partial charge in [-0.05, 0) is 39.3 Å². The van der Waals surface area contributed by atoms with Crippen LogP contribution in [-0.4, -0.2) is 24.1 Å². The molecule has 0 atom stereocenters. The molecule has 1 heterocycles. The highest BCUT2D eigenvalue weighted by Crippen LogP contribution is 2.23. The molecule has 0 spiro atoms. The average molecular weight is 275 g/mol. The molecule has 3 heteroatoms. The fraction of sp³-hybridized carbons (Fsp3) is 0.588. The second kappa shape index (κ2) is 8.05. The number of aromatic nitrogens is 1. The number of aryl methyl sites for hydroxylation is 1. The molecule has 0 saturated carbocycles. The summed E-state index contributed by atoms with van der Waals surface area (Å²) in [4.78, 5) is 6.82. The zero-order valence-corrected chi connectivity index (χ0v) is 13.6. The minimum Gasteiger partial charge on any atom is -0.365 e. The van der Waals surface area contributed by atoms with Gasteiger partial charge in [0.2, 0.25) is 0 Å². The SMILES string of the molecule is C=CCN(c1cc(C)ncc1CNCC(C)C)C(C)C. The van der Waals surface area contributed by atoms with E-state index >= 15 is 0 Å².